The Labute approximate surface area is 159 Å². The summed E-state index contributed by atoms with van der Waals surface area (Å²) in [4.78, 5) is 23.4. The van der Waals surface area contributed by atoms with Crippen molar-refractivity contribution < 1.29 is 0 Å². The minimum absolute atomic E-state index is 0.639. The fraction of sp³-hybridized carbons (Fsp3) is 0.429. The molecule has 1 aromatic carbocycles. The molecule has 1 aliphatic carbocycles. The summed E-state index contributed by atoms with van der Waals surface area (Å²) in [5, 5.41) is 0. The van der Waals surface area contributed by atoms with Gasteiger partial charge in [0.2, 0.25) is 0 Å². The summed E-state index contributed by atoms with van der Waals surface area (Å²) in [5.74, 6) is 3.56. The molecule has 6 nitrogen and oxygen atoms in total. The van der Waals surface area contributed by atoms with Crippen LogP contribution in [0, 0.1) is 6.92 Å². The summed E-state index contributed by atoms with van der Waals surface area (Å²) in [6.07, 6.45) is 5.75. The number of aryl methyl sites for hydroxylation is 1. The monoisotopic (exact) mass is 360 g/mol. The number of rotatable bonds is 3. The zero-order valence-corrected chi connectivity index (χ0v) is 15.7. The molecule has 3 heterocycles. The Kier molecular flexibility index (Phi) is 4.11. The Bertz CT molecular complexity index is 960. The number of nitrogens with zero attached hydrogens (tertiary/aromatic N) is 6. The Balaban J connectivity index is 1.31. The van der Waals surface area contributed by atoms with Crippen LogP contribution in [0.2, 0.25) is 0 Å². The van der Waals surface area contributed by atoms with E-state index in [0.29, 0.717) is 5.92 Å². The minimum Gasteiger partial charge on any atom is -0.353 e. The Hall–Kier alpha value is -2.76. The molecule has 0 unspecified atom stereocenters. The number of piperazine rings is 1. The number of aromatic nitrogens is 4. The number of hydrogen-bond acceptors (Lipinski definition) is 6. The molecular weight excluding hydrogens is 336 g/mol. The van der Waals surface area contributed by atoms with Crippen LogP contribution < -0.4 is 9.80 Å². The average Bonchev–Trinajstić information content (AvgIpc) is 2.66. The van der Waals surface area contributed by atoms with Gasteiger partial charge in [0.1, 0.15) is 17.5 Å². The quantitative estimate of drug-likeness (QED) is 0.714. The van der Waals surface area contributed by atoms with Gasteiger partial charge in [-0.15, -0.1) is 0 Å². The van der Waals surface area contributed by atoms with Crippen LogP contribution in [0.3, 0.4) is 0 Å². The van der Waals surface area contributed by atoms with Crippen molar-refractivity contribution in [1.29, 1.82) is 0 Å². The zero-order chi connectivity index (χ0) is 18.2. The molecule has 2 aliphatic rings. The Morgan fingerprint density at radius 3 is 2.26 bits per heavy atom. The highest BCUT2D eigenvalue weighted by Crippen LogP contribution is 2.36. The van der Waals surface area contributed by atoms with Crippen molar-refractivity contribution in [3.05, 3.63) is 48.0 Å². The first-order valence-corrected chi connectivity index (χ1v) is 9.83. The van der Waals surface area contributed by atoms with E-state index in [2.05, 4.69) is 25.8 Å². The van der Waals surface area contributed by atoms with Gasteiger partial charge in [-0.05, 0) is 31.9 Å². The molecule has 0 bridgehead atoms. The molecule has 5 rings (SSSR count). The normalized spacial score (nSPS) is 18.0. The lowest BCUT2D eigenvalue weighted by Crippen LogP contribution is -2.47. The molecule has 2 fully saturated rings. The van der Waals surface area contributed by atoms with E-state index in [1.807, 2.05) is 37.4 Å². The molecule has 1 aliphatic heterocycles. The van der Waals surface area contributed by atoms with Gasteiger partial charge in [0.05, 0.1) is 17.2 Å². The fourth-order valence-electron chi connectivity index (χ4n) is 3.91. The lowest BCUT2D eigenvalue weighted by atomic mass is 9.83. The van der Waals surface area contributed by atoms with Gasteiger partial charge in [0.15, 0.2) is 0 Å². The molecule has 138 valence electrons. The van der Waals surface area contributed by atoms with E-state index in [1.54, 1.807) is 0 Å². The topological polar surface area (TPSA) is 58.0 Å². The second-order valence-corrected chi connectivity index (χ2v) is 7.52. The molecule has 0 atom stereocenters. The summed E-state index contributed by atoms with van der Waals surface area (Å²) in [7, 11) is 0. The lowest BCUT2D eigenvalue weighted by Gasteiger charge is -2.36. The highest BCUT2D eigenvalue weighted by molar-refractivity contribution is 5.75. The molecule has 0 spiro atoms. The van der Waals surface area contributed by atoms with Crippen LogP contribution in [0.25, 0.3) is 11.0 Å². The molecule has 1 saturated heterocycles. The summed E-state index contributed by atoms with van der Waals surface area (Å²) in [6, 6.07) is 10.2. The lowest BCUT2D eigenvalue weighted by molar-refractivity contribution is 0.410. The van der Waals surface area contributed by atoms with Crippen LogP contribution in [-0.2, 0) is 0 Å². The Morgan fingerprint density at radius 1 is 0.852 bits per heavy atom. The maximum Gasteiger partial charge on any atom is 0.147 e. The van der Waals surface area contributed by atoms with Crippen molar-refractivity contribution in [1.82, 2.24) is 19.9 Å². The third-order valence-electron chi connectivity index (χ3n) is 5.73. The van der Waals surface area contributed by atoms with Gasteiger partial charge >= 0.3 is 0 Å². The van der Waals surface area contributed by atoms with Gasteiger partial charge in [-0.2, -0.15) is 0 Å². The van der Waals surface area contributed by atoms with E-state index in [-0.39, 0.29) is 0 Å². The molecule has 0 amide bonds. The van der Waals surface area contributed by atoms with Gasteiger partial charge < -0.3 is 9.80 Å². The number of anilines is 2. The maximum absolute atomic E-state index is 4.79. The van der Waals surface area contributed by atoms with E-state index < -0.39 is 0 Å². The van der Waals surface area contributed by atoms with Crippen molar-refractivity contribution >= 4 is 22.7 Å². The number of hydrogen-bond donors (Lipinski definition) is 0. The molecule has 27 heavy (non-hydrogen) atoms. The Morgan fingerprint density at radius 2 is 1.56 bits per heavy atom. The highest BCUT2D eigenvalue weighted by atomic mass is 15.3. The molecule has 0 N–H and O–H groups in total. The molecule has 1 saturated carbocycles. The number of benzene rings is 1. The molecule has 3 aromatic rings. The summed E-state index contributed by atoms with van der Waals surface area (Å²) >= 11 is 0. The molecular formula is C21H24N6. The van der Waals surface area contributed by atoms with Crippen LogP contribution >= 0.6 is 0 Å². The van der Waals surface area contributed by atoms with E-state index in [4.69, 9.17) is 9.97 Å². The predicted molar refractivity (Wildman–Crippen MR) is 107 cm³/mol. The first kappa shape index (κ1) is 16.4. The van der Waals surface area contributed by atoms with Crippen LogP contribution in [0.5, 0.6) is 0 Å². The second kappa shape index (κ2) is 6.76. The van der Waals surface area contributed by atoms with Crippen LogP contribution in [0.1, 0.15) is 36.7 Å². The first-order valence-electron chi connectivity index (χ1n) is 9.83. The van der Waals surface area contributed by atoms with Gasteiger partial charge in [-0.1, -0.05) is 18.6 Å². The van der Waals surface area contributed by atoms with Crippen molar-refractivity contribution in [3.8, 4) is 0 Å². The third-order valence-corrected chi connectivity index (χ3v) is 5.73. The van der Waals surface area contributed by atoms with E-state index >= 15 is 0 Å². The average molecular weight is 360 g/mol. The third kappa shape index (κ3) is 3.20. The summed E-state index contributed by atoms with van der Waals surface area (Å²) in [6.45, 7) is 5.74. The summed E-state index contributed by atoms with van der Waals surface area (Å²) in [5.41, 5.74) is 3.13. The van der Waals surface area contributed by atoms with Gasteiger partial charge in [-0.25, -0.2) is 15.0 Å². The predicted octanol–water partition coefficient (Wildman–Crippen LogP) is 3.32. The van der Waals surface area contributed by atoms with E-state index in [1.165, 1.54) is 25.0 Å². The number of fused-ring (bicyclic) bond motifs is 1. The van der Waals surface area contributed by atoms with Gasteiger partial charge in [0.25, 0.3) is 0 Å². The van der Waals surface area contributed by atoms with Crippen molar-refractivity contribution in [2.75, 3.05) is 36.0 Å². The van der Waals surface area contributed by atoms with Crippen LogP contribution in [0.15, 0.2) is 36.5 Å². The van der Waals surface area contributed by atoms with Crippen molar-refractivity contribution in [2.45, 2.75) is 32.1 Å². The summed E-state index contributed by atoms with van der Waals surface area (Å²) < 4.78 is 0. The van der Waals surface area contributed by atoms with Crippen LogP contribution in [-0.4, -0.2) is 46.1 Å². The zero-order valence-electron chi connectivity index (χ0n) is 15.7. The smallest absolute Gasteiger partial charge is 0.147 e. The highest BCUT2D eigenvalue weighted by Gasteiger charge is 2.24. The van der Waals surface area contributed by atoms with Gasteiger partial charge in [0, 0.05) is 43.9 Å². The maximum atomic E-state index is 4.79. The second-order valence-electron chi connectivity index (χ2n) is 7.52. The van der Waals surface area contributed by atoms with E-state index in [0.717, 1.165) is 54.7 Å². The fourth-order valence-corrected chi connectivity index (χ4v) is 3.91. The van der Waals surface area contributed by atoms with Crippen molar-refractivity contribution in [2.24, 2.45) is 0 Å². The largest absolute Gasteiger partial charge is 0.353 e. The number of para-hydroxylation sites is 2. The van der Waals surface area contributed by atoms with Crippen molar-refractivity contribution in [3.63, 3.8) is 0 Å². The molecule has 6 heteroatoms. The van der Waals surface area contributed by atoms with Gasteiger partial charge in [-0.3, -0.25) is 4.98 Å². The van der Waals surface area contributed by atoms with E-state index in [9.17, 15) is 0 Å². The molecule has 0 radical (unpaired) electrons. The minimum atomic E-state index is 0.639. The SMILES string of the molecule is Cc1nc(C2CCC2)cc(N2CCN(c3cnc4ccccc4n3)CC2)n1. The first-order chi connectivity index (χ1) is 13.3. The van der Waals surface area contributed by atoms with Crippen LogP contribution in [0.4, 0.5) is 11.6 Å². The standard InChI is InChI=1S/C21H24N6/c1-15-23-19(16-5-4-6-16)13-20(24-15)26-9-11-27(12-10-26)21-14-22-17-7-2-3-8-18(17)25-21/h2-3,7-8,13-14,16H,4-6,9-12H2,1H3. The molecule has 2 aromatic heterocycles.